The summed E-state index contributed by atoms with van der Waals surface area (Å²) in [5.74, 6) is 0.202. The summed E-state index contributed by atoms with van der Waals surface area (Å²) in [5, 5.41) is 3.26. The Labute approximate surface area is 76.9 Å². The first-order chi connectivity index (χ1) is 6.27. The first-order valence-corrected chi connectivity index (χ1v) is 4.53. The molecule has 2 nitrogen and oxygen atoms in total. The summed E-state index contributed by atoms with van der Waals surface area (Å²) in [7, 11) is 0. The molecule has 0 amide bonds. The van der Waals surface area contributed by atoms with Crippen LogP contribution in [0.5, 0.6) is 0 Å². The molecule has 1 fully saturated rings. The van der Waals surface area contributed by atoms with Crippen LogP contribution in [-0.2, 0) is 0 Å². The molecule has 2 rings (SSSR count). The number of halogens is 1. The molecule has 3 heteroatoms. The molecule has 3 N–H and O–H groups in total. The third kappa shape index (κ3) is 1.65. The van der Waals surface area contributed by atoms with Crippen LogP contribution >= 0.6 is 0 Å². The molecule has 1 aliphatic heterocycles. The largest absolute Gasteiger partial charge is 0.398 e. The predicted molar refractivity (Wildman–Crippen MR) is 51.0 cm³/mol. The average molecular weight is 180 g/mol. The highest BCUT2D eigenvalue weighted by Crippen LogP contribution is 2.27. The minimum Gasteiger partial charge on any atom is -0.398 e. The molecule has 1 atom stereocenters. The molecule has 1 aromatic carbocycles. The number of anilines is 1. The van der Waals surface area contributed by atoms with Gasteiger partial charge in [0.1, 0.15) is 5.82 Å². The predicted octanol–water partition coefficient (Wildman–Crippen LogP) is 1.48. The Bertz CT molecular complexity index is 306. The van der Waals surface area contributed by atoms with Crippen molar-refractivity contribution in [3.05, 3.63) is 29.6 Å². The summed E-state index contributed by atoms with van der Waals surface area (Å²) >= 11 is 0. The van der Waals surface area contributed by atoms with Crippen molar-refractivity contribution in [2.24, 2.45) is 0 Å². The van der Waals surface area contributed by atoms with Crippen molar-refractivity contribution in [1.29, 1.82) is 0 Å². The van der Waals surface area contributed by atoms with Crippen LogP contribution in [0.25, 0.3) is 0 Å². The van der Waals surface area contributed by atoms with Crippen molar-refractivity contribution in [3.63, 3.8) is 0 Å². The van der Waals surface area contributed by atoms with Crippen molar-refractivity contribution in [2.75, 3.05) is 18.8 Å². The van der Waals surface area contributed by atoms with E-state index in [1.165, 1.54) is 12.1 Å². The van der Waals surface area contributed by atoms with Gasteiger partial charge in [0.15, 0.2) is 0 Å². The SMILES string of the molecule is Nc1cc(F)ccc1C1CCNC1. The molecule has 13 heavy (non-hydrogen) atoms. The fourth-order valence-electron chi connectivity index (χ4n) is 1.84. The Morgan fingerprint density at radius 3 is 2.92 bits per heavy atom. The van der Waals surface area contributed by atoms with E-state index in [0.29, 0.717) is 11.6 Å². The van der Waals surface area contributed by atoms with Crippen LogP contribution in [0, 0.1) is 5.82 Å². The monoisotopic (exact) mass is 180 g/mol. The van der Waals surface area contributed by atoms with E-state index in [0.717, 1.165) is 25.1 Å². The van der Waals surface area contributed by atoms with Gasteiger partial charge >= 0.3 is 0 Å². The maximum Gasteiger partial charge on any atom is 0.125 e. The molecule has 1 aromatic rings. The van der Waals surface area contributed by atoms with E-state index in [1.807, 2.05) is 0 Å². The van der Waals surface area contributed by atoms with Crippen LogP contribution in [0.1, 0.15) is 17.9 Å². The van der Waals surface area contributed by atoms with Gasteiger partial charge in [-0.2, -0.15) is 0 Å². The second kappa shape index (κ2) is 3.34. The summed E-state index contributed by atoms with van der Waals surface area (Å²) in [6, 6.07) is 4.67. The number of nitrogens with two attached hydrogens (primary N) is 1. The number of hydrogen-bond donors (Lipinski definition) is 2. The Morgan fingerprint density at radius 1 is 1.46 bits per heavy atom. The Hall–Kier alpha value is -1.09. The summed E-state index contributed by atoms with van der Waals surface area (Å²) in [4.78, 5) is 0. The van der Waals surface area contributed by atoms with Crippen LogP contribution in [-0.4, -0.2) is 13.1 Å². The van der Waals surface area contributed by atoms with Crippen LogP contribution in [0.2, 0.25) is 0 Å². The third-order valence-corrected chi connectivity index (χ3v) is 2.55. The van der Waals surface area contributed by atoms with E-state index in [2.05, 4.69) is 5.32 Å². The zero-order chi connectivity index (χ0) is 9.26. The normalized spacial score (nSPS) is 22.1. The Kier molecular flexibility index (Phi) is 2.19. The number of nitrogens with one attached hydrogen (secondary N) is 1. The zero-order valence-corrected chi connectivity index (χ0v) is 7.39. The third-order valence-electron chi connectivity index (χ3n) is 2.55. The molecule has 1 unspecified atom stereocenters. The fraction of sp³-hybridized carbons (Fsp3) is 0.400. The maximum absolute atomic E-state index is 12.7. The van der Waals surface area contributed by atoms with Gasteiger partial charge in [-0.15, -0.1) is 0 Å². The highest BCUT2D eigenvalue weighted by molar-refractivity contribution is 5.49. The topological polar surface area (TPSA) is 38.0 Å². The smallest absolute Gasteiger partial charge is 0.125 e. The van der Waals surface area contributed by atoms with Gasteiger partial charge < -0.3 is 11.1 Å². The molecule has 0 bridgehead atoms. The summed E-state index contributed by atoms with van der Waals surface area (Å²) in [6.45, 7) is 1.98. The van der Waals surface area contributed by atoms with Crippen molar-refractivity contribution >= 4 is 5.69 Å². The van der Waals surface area contributed by atoms with Crippen LogP contribution in [0.3, 0.4) is 0 Å². The number of benzene rings is 1. The second-order valence-electron chi connectivity index (χ2n) is 3.46. The zero-order valence-electron chi connectivity index (χ0n) is 7.39. The van der Waals surface area contributed by atoms with Crippen LogP contribution in [0.15, 0.2) is 18.2 Å². The van der Waals surface area contributed by atoms with Gasteiger partial charge in [-0.25, -0.2) is 4.39 Å². The molecule has 0 saturated carbocycles. The highest BCUT2D eigenvalue weighted by atomic mass is 19.1. The summed E-state index contributed by atoms with van der Waals surface area (Å²) < 4.78 is 12.7. The van der Waals surface area contributed by atoms with E-state index >= 15 is 0 Å². The molecule has 0 aromatic heterocycles. The lowest BCUT2D eigenvalue weighted by atomic mass is 9.97. The minimum atomic E-state index is -0.257. The molecule has 0 radical (unpaired) electrons. The van der Waals surface area contributed by atoms with E-state index in [-0.39, 0.29) is 5.82 Å². The van der Waals surface area contributed by atoms with Crippen molar-refractivity contribution in [3.8, 4) is 0 Å². The lowest BCUT2D eigenvalue weighted by molar-refractivity contribution is 0.626. The Morgan fingerprint density at radius 2 is 2.31 bits per heavy atom. The average Bonchev–Trinajstić information content (AvgIpc) is 2.56. The number of hydrogen-bond acceptors (Lipinski definition) is 2. The minimum absolute atomic E-state index is 0.257. The summed E-state index contributed by atoms with van der Waals surface area (Å²) in [5.41, 5.74) is 7.39. The van der Waals surface area contributed by atoms with Gasteiger partial charge in [0.05, 0.1) is 0 Å². The van der Waals surface area contributed by atoms with E-state index < -0.39 is 0 Å². The summed E-state index contributed by atoms with van der Waals surface area (Å²) in [6.07, 6.45) is 1.09. The standard InChI is InChI=1S/C10H13FN2/c11-8-1-2-9(10(12)5-8)7-3-4-13-6-7/h1-2,5,7,13H,3-4,6,12H2. The van der Waals surface area contributed by atoms with E-state index in [4.69, 9.17) is 5.73 Å². The lowest BCUT2D eigenvalue weighted by Gasteiger charge is -2.11. The molecular weight excluding hydrogens is 167 g/mol. The van der Waals surface area contributed by atoms with Crippen LogP contribution in [0.4, 0.5) is 10.1 Å². The highest BCUT2D eigenvalue weighted by Gasteiger charge is 2.18. The molecular formula is C10H13FN2. The molecule has 1 heterocycles. The quantitative estimate of drug-likeness (QED) is 0.642. The molecule has 70 valence electrons. The van der Waals surface area contributed by atoms with Crippen LogP contribution < -0.4 is 11.1 Å². The molecule has 0 spiro atoms. The fourth-order valence-corrected chi connectivity index (χ4v) is 1.84. The maximum atomic E-state index is 12.7. The molecule has 1 aliphatic rings. The first kappa shape index (κ1) is 8.51. The second-order valence-corrected chi connectivity index (χ2v) is 3.46. The van der Waals surface area contributed by atoms with E-state index in [9.17, 15) is 4.39 Å². The molecule has 0 aliphatic carbocycles. The van der Waals surface area contributed by atoms with Crippen molar-refractivity contribution < 1.29 is 4.39 Å². The number of rotatable bonds is 1. The lowest BCUT2D eigenvalue weighted by Crippen LogP contribution is -2.09. The Balaban J connectivity index is 2.29. The van der Waals surface area contributed by atoms with Gasteiger partial charge in [0.25, 0.3) is 0 Å². The first-order valence-electron chi connectivity index (χ1n) is 4.53. The molecule has 1 saturated heterocycles. The number of nitrogen functional groups attached to an aromatic ring is 1. The van der Waals surface area contributed by atoms with Gasteiger partial charge in [-0.05, 0) is 36.6 Å². The van der Waals surface area contributed by atoms with Gasteiger partial charge in [0.2, 0.25) is 0 Å². The van der Waals surface area contributed by atoms with Gasteiger partial charge in [-0.3, -0.25) is 0 Å². The van der Waals surface area contributed by atoms with E-state index in [1.54, 1.807) is 6.07 Å². The van der Waals surface area contributed by atoms with Crippen molar-refractivity contribution in [1.82, 2.24) is 5.32 Å². The van der Waals surface area contributed by atoms with Gasteiger partial charge in [-0.1, -0.05) is 6.07 Å². The van der Waals surface area contributed by atoms with Crippen molar-refractivity contribution in [2.45, 2.75) is 12.3 Å². The van der Waals surface area contributed by atoms with Gasteiger partial charge in [0, 0.05) is 12.2 Å².